The molecule has 0 aliphatic carbocycles. The summed E-state index contributed by atoms with van der Waals surface area (Å²) in [5.74, 6) is 0.0483. The Morgan fingerprint density at radius 2 is 1.67 bits per heavy atom. The quantitative estimate of drug-likeness (QED) is 0.423. The molecule has 3 heterocycles. The SMILES string of the molecule is CCN(CC)C(=O)[C@H]1CCCN(C(=O)[C@@H]2CCCN(c3cccc4c3C(=O)N(CCc3cccc(OC)c3)C4=O)C2)C1. The molecule has 2 saturated heterocycles. The molecule has 0 spiro atoms. The van der Waals surface area contributed by atoms with Gasteiger partial charge < -0.3 is 19.4 Å². The number of anilines is 1. The van der Waals surface area contributed by atoms with Crippen LogP contribution < -0.4 is 9.64 Å². The monoisotopic (exact) mass is 574 g/mol. The van der Waals surface area contributed by atoms with Crippen molar-refractivity contribution < 1.29 is 23.9 Å². The van der Waals surface area contributed by atoms with Crippen molar-refractivity contribution in [1.29, 1.82) is 0 Å². The highest BCUT2D eigenvalue weighted by Gasteiger charge is 2.40. The largest absolute Gasteiger partial charge is 0.497 e. The van der Waals surface area contributed by atoms with Crippen LogP contribution in [0.2, 0.25) is 0 Å². The number of benzene rings is 2. The molecule has 2 fully saturated rings. The number of rotatable bonds is 9. The molecule has 9 heteroatoms. The second-order valence-electron chi connectivity index (χ2n) is 11.5. The predicted octanol–water partition coefficient (Wildman–Crippen LogP) is 3.86. The van der Waals surface area contributed by atoms with Gasteiger partial charge in [-0.05, 0) is 75.8 Å². The number of likely N-dealkylation sites (tertiary alicyclic amines) is 1. The van der Waals surface area contributed by atoms with Crippen molar-refractivity contribution in [3.8, 4) is 5.75 Å². The van der Waals surface area contributed by atoms with Crippen molar-refractivity contribution in [1.82, 2.24) is 14.7 Å². The third-order valence-electron chi connectivity index (χ3n) is 9.00. The molecular formula is C33H42N4O5. The van der Waals surface area contributed by atoms with Crippen LogP contribution in [0.1, 0.15) is 65.8 Å². The molecule has 224 valence electrons. The Kier molecular flexibility index (Phi) is 9.14. The van der Waals surface area contributed by atoms with E-state index in [1.165, 1.54) is 4.90 Å². The summed E-state index contributed by atoms with van der Waals surface area (Å²) in [7, 11) is 1.61. The molecule has 2 aromatic rings. The van der Waals surface area contributed by atoms with E-state index in [-0.39, 0.29) is 42.0 Å². The second kappa shape index (κ2) is 13.0. The first-order valence-corrected chi connectivity index (χ1v) is 15.3. The summed E-state index contributed by atoms with van der Waals surface area (Å²) in [6, 6.07) is 13.1. The molecule has 2 atom stereocenters. The Bertz CT molecular complexity index is 1340. The molecule has 0 saturated carbocycles. The van der Waals surface area contributed by atoms with E-state index in [9.17, 15) is 19.2 Å². The van der Waals surface area contributed by atoms with Gasteiger partial charge in [0.05, 0.1) is 35.8 Å². The van der Waals surface area contributed by atoms with E-state index in [4.69, 9.17) is 4.74 Å². The molecule has 0 radical (unpaired) electrons. The van der Waals surface area contributed by atoms with Crippen molar-refractivity contribution in [2.45, 2.75) is 46.0 Å². The Balaban J connectivity index is 1.27. The zero-order valence-corrected chi connectivity index (χ0v) is 25.0. The summed E-state index contributed by atoms with van der Waals surface area (Å²) in [4.78, 5) is 60.8. The van der Waals surface area contributed by atoms with Gasteiger partial charge in [0.15, 0.2) is 0 Å². The molecule has 5 rings (SSSR count). The van der Waals surface area contributed by atoms with E-state index in [0.717, 1.165) is 42.7 Å². The van der Waals surface area contributed by atoms with Crippen molar-refractivity contribution in [2.75, 3.05) is 57.8 Å². The minimum atomic E-state index is -0.282. The maximum absolute atomic E-state index is 13.7. The second-order valence-corrected chi connectivity index (χ2v) is 11.5. The number of ether oxygens (including phenoxy) is 1. The van der Waals surface area contributed by atoms with Crippen molar-refractivity contribution in [3.63, 3.8) is 0 Å². The fraction of sp³-hybridized carbons (Fsp3) is 0.515. The lowest BCUT2D eigenvalue weighted by atomic mass is 9.91. The third-order valence-corrected chi connectivity index (χ3v) is 9.00. The van der Waals surface area contributed by atoms with Crippen LogP contribution in [0, 0.1) is 11.8 Å². The molecular weight excluding hydrogens is 532 g/mol. The number of imide groups is 1. The smallest absolute Gasteiger partial charge is 0.263 e. The number of fused-ring (bicyclic) bond motifs is 1. The van der Waals surface area contributed by atoms with Crippen molar-refractivity contribution in [3.05, 3.63) is 59.2 Å². The molecule has 9 nitrogen and oxygen atoms in total. The molecule has 0 N–H and O–H groups in total. The Morgan fingerprint density at radius 1 is 0.929 bits per heavy atom. The zero-order chi connectivity index (χ0) is 29.8. The van der Waals surface area contributed by atoms with Crippen LogP contribution in [0.5, 0.6) is 5.75 Å². The standard InChI is InChI=1S/C33H42N4O5/c1-4-34(5-2)30(38)25-12-9-18-36(22-25)31(39)24-11-8-17-35(21-24)28-15-7-14-27-29(28)33(41)37(32(27)40)19-16-23-10-6-13-26(20-23)42-3/h6-7,10,13-15,20,24-25H,4-5,8-9,11-12,16-19,21-22H2,1-3H3/t24-,25+/m1/s1. The predicted molar refractivity (Wildman–Crippen MR) is 161 cm³/mol. The fourth-order valence-corrected chi connectivity index (χ4v) is 6.68. The molecule has 42 heavy (non-hydrogen) atoms. The van der Waals surface area contributed by atoms with Gasteiger partial charge >= 0.3 is 0 Å². The molecule has 3 aliphatic heterocycles. The molecule has 4 amide bonds. The topological polar surface area (TPSA) is 90.5 Å². The van der Waals surface area contributed by atoms with Gasteiger partial charge in [-0.3, -0.25) is 24.1 Å². The lowest BCUT2D eigenvalue weighted by Crippen LogP contribution is -2.50. The highest BCUT2D eigenvalue weighted by molar-refractivity contribution is 6.23. The zero-order valence-electron chi connectivity index (χ0n) is 25.0. The summed E-state index contributed by atoms with van der Waals surface area (Å²) in [6.45, 7) is 7.97. The minimum Gasteiger partial charge on any atom is -0.497 e. The molecule has 3 aliphatic rings. The van der Waals surface area contributed by atoms with Gasteiger partial charge in [-0.2, -0.15) is 0 Å². The molecule has 0 bridgehead atoms. The normalized spacial score (nSPS) is 20.5. The first-order chi connectivity index (χ1) is 20.4. The van der Waals surface area contributed by atoms with E-state index < -0.39 is 0 Å². The summed E-state index contributed by atoms with van der Waals surface area (Å²) < 4.78 is 5.30. The van der Waals surface area contributed by atoms with Gasteiger partial charge in [0.25, 0.3) is 11.8 Å². The van der Waals surface area contributed by atoms with Gasteiger partial charge in [-0.1, -0.05) is 18.2 Å². The number of nitrogens with zero attached hydrogens (tertiary/aromatic N) is 4. The van der Waals surface area contributed by atoms with Crippen LogP contribution in [-0.2, 0) is 16.0 Å². The number of hydrogen-bond donors (Lipinski definition) is 0. The van der Waals surface area contributed by atoms with Gasteiger partial charge in [-0.25, -0.2) is 0 Å². The van der Waals surface area contributed by atoms with Crippen molar-refractivity contribution >= 4 is 29.3 Å². The van der Waals surface area contributed by atoms with Gasteiger partial charge in [0, 0.05) is 45.8 Å². The Morgan fingerprint density at radius 3 is 2.43 bits per heavy atom. The van der Waals surface area contributed by atoms with E-state index >= 15 is 0 Å². The number of piperidine rings is 2. The number of hydrogen-bond acceptors (Lipinski definition) is 6. The van der Waals surface area contributed by atoms with Crippen LogP contribution in [-0.4, -0.2) is 91.3 Å². The fourth-order valence-electron chi connectivity index (χ4n) is 6.68. The average molecular weight is 575 g/mol. The van der Waals surface area contributed by atoms with Crippen LogP contribution >= 0.6 is 0 Å². The number of amides is 4. The van der Waals surface area contributed by atoms with Gasteiger partial charge in [-0.15, -0.1) is 0 Å². The molecule has 0 unspecified atom stereocenters. The first-order valence-electron chi connectivity index (χ1n) is 15.3. The summed E-state index contributed by atoms with van der Waals surface area (Å²) in [5, 5.41) is 0. The third kappa shape index (κ3) is 5.87. The van der Waals surface area contributed by atoms with E-state index in [0.29, 0.717) is 56.8 Å². The summed E-state index contributed by atoms with van der Waals surface area (Å²) in [6.07, 6.45) is 3.77. The summed E-state index contributed by atoms with van der Waals surface area (Å²) >= 11 is 0. The Hall–Kier alpha value is -3.88. The minimum absolute atomic E-state index is 0.0895. The van der Waals surface area contributed by atoms with Gasteiger partial charge in [0.2, 0.25) is 11.8 Å². The number of methoxy groups -OCH3 is 1. The van der Waals surface area contributed by atoms with E-state index in [1.807, 2.05) is 60.0 Å². The van der Waals surface area contributed by atoms with Crippen LogP contribution in [0.4, 0.5) is 5.69 Å². The highest BCUT2D eigenvalue weighted by atomic mass is 16.5. The lowest BCUT2D eigenvalue weighted by Gasteiger charge is -2.39. The highest BCUT2D eigenvalue weighted by Crippen LogP contribution is 2.35. The number of carbonyl (C=O) groups excluding carboxylic acids is 4. The maximum Gasteiger partial charge on any atom is 0.263 e. The van der Waals surface area contributed by atoms with E-state index in [1.54, 1.807) is 13.2 Å². The van der Waals surface area contributed by atoms with Crippen LogP contribution in [0.15, 0.2) is 42.5 Å². The Labute approximate surface area is 248 Å². The molecule has 2 aromatic carbocycles. The van der Waals surface area contributed by atoms with Gasteiger partial charge in [0.1, 0.15) is 5.75 Å². The summed E-state index contributed by atoms with van der Waals surface area (Å²) in [5.41, 5.74) is 2.57. The van der Waals surface area contributed by atoms with Crippen LogP contribution in [0.3, 0.4) is 0 Å². The lowest BCUT2D eigenvalue weighted by molar-refractivity contribution is -0.142. The number of carbonyl (C=O) groups is 4. The maximum atomic E-state index is 13.7. The average Bonchev–Trinajstić information content (AvgIpc) is 3.28. The van der Waals surface area contributed by atoms with Crippen LogP contribution in [0.25, 0.3) is 0 Å². The van der Waals surface area contributed by atoms with E-state index in [2.05, 4.69) is 4.90 Å². The van der Waals surface area contributed by atoms with Crippen molar-refractivity contribution in [2.24, 2.45) is 11.8 Å². The first kappa shape index (κ1) is 29.6. The molecule has 0 aromatic heterocycles.